The van der Waals surface area contributed by atoms with Gasteiger partial charge in [0.1, 0.15) is 5.82 Å². The summed E-state index contributed by atoms with van der Waals surface area (Å²) in [6, 6.07) is 9.64. The number of benzene rings is 2. The van der Waals surface area contributed by atoms with Crippen molar-refractivity contribution in [1.29, 1.82) is 0 Å². The summed E-state index contributed by atoms with van der Waals surface area (Å²) in [6.07, 6.45) is 0. The molecule has 0 saturated carbocycles. The van der Waals surface area contributed by atoms with Crippen molar-refractivity contribution in [2.75, 3.05) is 0 Å². The van der Waals surface area contributed by atoms with Gasteiger partial charge in [0.25, 0.3) is 5.79 Å². The highest BCUT2D eigenvalue weighted by Gasteiger charge is 2.41. The predicted molar refractivity (Wildman–Crippen MR) is 75.4 cm³/mol. The normalized spacial score (nSPS) is 19.7. The Morgan fingerprint density at radius 3 is 2.70 bits per heavy atom. The lowest BCUT2D eigenvalue weighted by Crippen LogP contribution is -2.32. The molecule has 1 heterocycles. The van der Waals surface area contributed by atoms with Crippen LogP contribution in [0.25, 0.3) is 4.85 Å². The SMILES string of the molecule is [C-]#[N+]c1ccc(C2(C)Oc3cccc(Br)c3O2)c(F)c1. The molecule has 2 aromatic carbocycles. The van der Waals surface area contributed by atoms with Crippen molar-refractivity contribution in [1.82, 2.24) is 0 Å². The predicted octanol–water partition coefficient (Wildman–Crippen LogP) is 4.78. The summed E-state index contributed by atoms with van der Waals surface area (Å²) in [7, 11) is 0. The lowest BCUT2D eigenvalue weighted by Gasteiger charge is -2.24. The summed E-state index contributed by atoms with van der Waals surface area (Å²) in [5.41, 5.74) is 0.500. The monoisotopic (exact) mass is 333 g/mol. The van der Waals surface area contributed by atoms with Gasteiger partial charge in [-0.2, -0.15) is 0 Å². The molecule has 0 radical (unpaired) electrons. The Hall–Kier alpha value is -2.06. The molecule has 3 nitrogen and oxygen atoms in total. The number of hydrogen-bond acceptors (Lipinski definition) is 2. The third-order valence-electron chi connectivity index (χ3n) is 3.10. The van der Waals surface area contributed by atoms with E-state index in [4.69, 9.17) is 16.0 Å². The molecule has 0 N–H and O–H groups in total. The highest BCUT2D eigenvalue weighted by atomic mass is 79.9. The molecule has 2 aromatic rings. The molecule has 0 aliphatic carbocycles. The molecular formula is C15H9BrFNO2. The van der Waals surface area contributed by atoms with Crippen molar-refractivity contribution in [2.45, 2.75) is 12.7 Å². The maximum absolute atomic E-state index is 14.1. The zero-order valence-electron chi connectivity index (χ0n) is 10.5. The maximum atomic E-state index is 14.1. The Morgan fingerprint density at radius 1 is 1.25 bits per heavy atom. The highest BCUT2D eigenvalue weighted by Crippen LogP contribution is 2.48. The van der Waals surface area contributed by atoms with E-state index in [1.165, 1.54) is 12.1 Å². The topological polar surface area (TPSA) is 22.8 Å². The van der Waals surface area contributed by atoms with Crippen LogP contribution in [0.5, 0.6) is 11.5 Å². The van der Waals surface area contributed by atoms with Crippen LogP contribution in [-0.4, -0.2) is 0 Å². The van der Waals surface area contributed by atoms with Gasteiger partial charge in [-0.05, 0) is 34.1 Å². The van der Waals surface area contributed by atoms with E-state index in [1.54, 1.807) is 19.1 Å². The van der Waals surface area contributed by atoms with Crippen LogP contribution in [0.3, 0.4) is 0 Å². The minimum absolute atomic E-state index is 0.242. The average Bonchev–Trinajstić information content (AvgIpc) is 2.77. The third kappa shape index (κ3) is 1.93. The van der Waals surface area contributed by atoms with Crippen LogP contribution in [-0.2, 0) is 5.79 Å². The van der Waals surface area contributed by atoms with Crippen LogP contribution in [0.2, 0.25) is 0 Å². The first kappa shape index (κ1) is 12.9. The molecule has 3 rings (SSSR count). The first-order chi connectivity index (χ1) is 9.53. The number of nitrogens with zero attached hydrogens (tertiary/aromatic N) is 1. The van der Waals surface area contributed by atoms with Crippen LogP contribution < -0.4 is 9.47 Å². The van der Waals surface area contributed by atoms with E-state index in [0.29, 0.717) is 11.5 Å². The fourth-order valence-corrected chi connectivity index (χ4v) is 2.57. The number of halogens is 2. The molecule has 20 heavy (non-hydrogen) atoms. The second-order valence-electron chi connectivity index (χ2n) is 4.49. The minimum Gasteiger partial charge on any atom is -0.444 e. The van der Waals surface area contributed by atoms with Gasteiger partial charge >= 0.3 is 0 Å². The van der Waals surface area contributed by atoms with Gasteiger partial charge in [-0.15, -0.1) is 0 Å². The van der Waals surface area contributed by atoms with Gasteiger partial charge in [0.2, 0.25) is 0 Å². The lowest BCUT2D eigenvalue weighted by molar-refractivity contribution is -0.0709. The lowest BCUT2D eigenvalue weighted by atomic mass is 10.1. The Bertz CT molecular complexity index is 741. The summed E-state index contributed by atoms with van der Waals surface area (Å²) in [5.74, 6) is -0.666. The third-order valence-corrected chi connectivity index (χ3v) is 3.73. The van der Waals surface area contributed by atoms with Crippen molar-refractivity contribution in [3.05, 3.63) is 63.7 Å². The Morgan fingerprint density at radius 2 is 2.05 bits per heavy atom. The molecule has 0 saturated heterocycles. The largest absolute Gasteiger partial charge is 0.444 e. The van der Waals surface area contributed by atoms with Gasteiger partial charge in [0.15, 0.2) is 17.2 Å². The Balaban J connectivity index is 2.05. The van der Waals surface area contributed by atoms with Gasteiger partial charge in [-0.25, -0.2) is 9.24 Å². The number of hydrogen-bond donors (Lipinski definition) is 0. The van der Waals surface area contributed by atoms with Gasteiger partial charge in [0.05, 0.1) is 16.6 Å². The van der Waals surface area contributed by atoms with Gasteiger partial charge in [0, 0.05) is 6.92 Å². The van der Waals surface area contributed by atoms with Gasteiger partial charge in [-0.1, -0.05) is 18.2 Å². The van der Waals surface area contributed by atoms with E-state index in [-0.39, 0.29) is 11.3 Å². The fraction of sp³-hybridized carbons (Fsp3) is 0.133. The van der Waals surface area contributed by atoms with Crippen molar-refractivity contribution < 1.29 is 13.9 Å². The van der Waals surface area contributed by atoms with Crippen LogP contribution in [0.4, 0.5) is 10.1 Å². The average molecular weight is 334 g/mol. The molecule has 0 fully saturated rings. The molecule has 1 aliphatic rings. The zero-order valence-corrected chi connectivity index (χ0v) is 12.1. The van der Waals surface area contributed by atoms with Gasteiger partial charge < -0.3 is 9.47 Å². The van der Waals surface area contributed by atoms with E-state index >= 15 is 0 Å². The van der Waals surface area contributed by atoms with E-state index in [1.807, 2.05) is 12.1 Å². The number of para-hydroxylation sites is 1. The van der Waals surface area contributed by atoms with Gasteiger partial charge in [-0.3, -0.25) is 0 Å². The number of fused-ring (bicyclic) bond motifs is 1. The number of ether oxygens (including phenoxy) is 2. The van der Waals surface area contributed by atoms with Crippen molar-refractivity contribution in [3.63, 3.8) is 0 Å². The van der Waals surface area contributed by atoms with Crippen LogP contribution in [0, 0.1) is 12.4 Å². The van der Waals surface area contributed by atoms with Crippen LogP contribution >= 0.6 is 15.9 Å². The summed E-state index contributed by atoms with van der Waals surface area (Å²) in [5, 5.41) is 0. The second-order valence-corrected chi connectivity index (χ2v) is 5.35. The van der Waals surface area contributed by atoms with E-state index in [2.05, 4.69) is 20.8 Å². The van der Waals surface area contributed by atoms with E-state index in [9.17, 15) is 4.39 Å². The first-order valence-corrected chi connectivity index (χ1v) is 6.67. The fourth-order valence-electron chi connectivity index (χ4n) is 2.15. The number of rotatable bonds is 1. The summed E-state index contributed by atoms with van der Waals surface area (Å²) in [4.78, 5) is 3.20. The highest BCUT2D eigenvalue weighted by molar-refractivity contribution is 9.10. The Labute approximate surface area is 123 Å². The molecule has 1 aliphatic heterocycles. The second kappa shape index (κ2) is 4.50. The standard InChI is InChI=1S/C15H9BrFNO2/c1-15(10-7-6-9(18-2)8-12(10)17)19-13-5-3-4-11(16)14(13)20-15/h3-8H,1H3. The molecular weight excluding hydrogens is 325 g/mol. The Kier molecular flexibility index (Phi) is 2.91. The van der Waals surface area contributed by atoms with Crippen molar-refractivity contribution in [2.24, 2.45) is 0 Å². The molecule has 0 spiro atoms. The van der Waals surface area contributed by atoms with Crippen molar-refractivity contribution >= 4 is 21.6 Å². The molecule has 1 atom stereocenters. The summed E-state index contributed by atoms with van der Waals surface area (Å²) >= 11 is 3.37. The van der Waals surface area contributed by atoms with Crippen LogP contribution in [0.15, 0.2) is 40.9 Å². The molecule has 0 bridgehead atoms. The van der Waals surface area contributed by atoms with Crippen LogP contribution in [0.1, 0.15) is 12.5 Å². The minimum atomic E-state index is -1.24. The molecule has 1 unspecified atom stereocenters. The smallest absolute Gasteiger partial charge is 0.278 e. The summed E-state index contributed by atoms with van der Waals surface area (Å²) < 4.78 is 26.4. The van der Waals surface area contributed by atoms with E-state index < -0.39 is 11.6 Å². The van der Waals surface area contributed by atoms with Crippen molar-refractivity contribution in [3.8, 4) is 11.5 Å². The summed E-state index contributed by atoms with van der Waals surface area (Å²) in [6.45, 7) is 8.54. The van der Waals surface area contributed by atoms with E-state index in [0.717, 1.165) is 4.47 Å². The quantitative estimate of drug-likeness (QED) is 0.700. The molecule has 5 heteroatoms. The zero-order chi connectivity index (χ0) is 14.3. The molecule has 0 aromatic heterocycles. The first-order valence-electron chi connectivity index (χ1n) is 5.87. The molecule has 100 valence electrons. The maximum Gasteiger partial charge on any atom is 0.278 e. The molecule has 0 amide bonds.